The van der Waals surface area contributed by atoms with Crippen LogP contribution in [0.4, 0.5) is 11.4 Å². The summed E-state index contributed by atoms with van der Waals surface area (Å²) >= 11 is 8.90. The van der Waals surface area contributed by atoms with E-state index in [1.165, 1.54) is 6.07 Å². The summed E-state index contributed by atoms with van der Waals surface area (Å²) in [6, 6.07) is 1.35. The van der Waals surface area contributed by atoms with Crippen molar-refractivity contribution in [3.8, 4) is 0 Å². The molecule has 0 aliphatic rings. The molecule has 0 bridgehead atoms. The minimum absolute atomic E-state index is 0.0561. The van der Waals surface area contributed by atoms with Crippen LogP contribution in [0, 0.1) is 17.0 Å². The Morgan fingerprint density at radius 2 is 2.23 bits per heavy atom. The van der Waals surface area contributed by atoms with Gasteiger partial charge in [-0.05, 0) is 28.4 Å². The maximum absolute atomic E-state index is 10.5. The highest BCUT2D eigenvalue weighted by Crippen LogP contribution is 2.37. The summed E-state index contributed by atoms with van der Waals surface area (Å²) in [7, 11) is 0. The standard InChI is InChI=1S/C7H6BrClN2O2/c1-3-2-4(11(12)13)7(10)5(8)6(3)9/h2H,10H2,1H3. The number of aryl methyl sites for hydroxylation is 1. The van der Waals surface area contributed by atoms with Crippen LogP contribution in [-0.2, 0) is 0 Å². The zero-order valence-corrected chi connectivity index (χ0v) is 9.02. The lowest BCUT2D eigenvalue weighted by molar-refractivity contribution is -0.384. The van der Waals surface area contributed by atoms with E-state index in [1.54, 1.807) is 6.92 Å². The summed E-state index contributed by atoms with van der Waals surface area (Å²) in [4.78, 5) is 9.96. The fourth-order valence-corrected chi connectivity index (χ4v) is 1.57. The Balaban J connectivity index is 3.50. The van der Waals surface area contributed by atoms with Crippen LogP contribution in [0.15, 0.2) is 10.5 Å². The van der Waals surface area contributed by atoms with Gasteiger partial charge >= 0.3 is 0 Å². The van der Waals surface area contributed by atoms with Gasteiger partial charge in [0.05, 0.1) is 14.4 Å². The minimum Gasteiger partial charge on any atom is -0.392 e. The van der Waals surface area contributed by atoms with Gasteiger partial charge in [-0.3, -0.25) is 10.1 Å². The molecule has 1 aromatic rings. The van der Waals surface area contributed by atoms with E-state index in [1.807, 2.05) is 0 Å². The van der Waals surface area contributed by atoms with E-state index < -0.39 is 4.92 Å². The third-order valence-electron chi connectivity index (χ3n) is 1.60. The Morgan fingerprint density at radius 1 is 1.69 bits per heavy atom. The Hall–Kier alpha value is -0.810. The number of nitro benzene ring substituents is 1. The van der Waals surface area contributed by atoms with E-state index in [-0.39, 0.29) is 11.4 Å². The second kappa shape index (κ2) is 3.51. The van der Waals surface area contributed by atoms with E-state index in [0.717, 1.165) is 0 Å². The molecule has 0 aliphatic carbocycles. The zero-order chi connectivity index (χ0) is 10.2. The molecular formula is C7H6BrClN2O2. The first-order valence-electron chi connectivity index (χ1n) is 3.33. The lowest BCUT2D eigenvalue weighted by Gasteiger charge is -2.04. The van der Waals surface area contributed by atoms with Crippen molar-refractivity contribution in [2.75, 3.05) is 5.73 Å². The van der Waals surface area contributed by atoms with Crippen LogP contribution in [0.2, 0.25) is 5.02 Å². The van der Waals surface area contributed by atoms with E-state index in [4.69, 9.17) is 17.3 Å². The number of hydrogen-bond acceptors (Lipinski definition) is 3. The maximum Gasteiger partial charge on any atom is 0.293 e. The molecule has 0 amide bonds. The van der Waals surface area contributed by atoms with Crippen molar-refractivity contribution in [1.29, 1.82) is 0 Å². The Kier molecular flexibility index (Phi) is 2.77. The third-order valence-corrected chi connectivity index (χ3v) is 3.14. The number of nitrogens with two attached hydrogens (primary N) is 1. The Morgan fingerprint density at radius 3 is 2.69 bits per heavy atom. The minimum atomic E-state index is -0.538. The molecule has 0 saturated carbocycles. The van der Waals surface area contributed by atoms with Crippen molar-refractivity contribution in [3.05, 3.63) is 31.2 Å². The van der Waals surface area contributed by atoms with Crippen molar-refractivity contribution in [1.82, 2.24) is 0 Å². The largest absolute Gasteiger partial charge is 0.392 e. The number of nitro groups is 1. The fourth-order valence-electron chi connectivity index (χ4n) is 0.901. The van der Waals surface area contributed by atoms with E-state index in [9.17, 15) is 10.1 Å². The van der Waals surface area contributed by atoms with Crippen LogP contribution >= 0.6 is 27.5 Å². The maximum atomic E-state index is 10.5. The van der Waals surface area contributed by atoms with E-state index >= 15 is 0 Å². The molecule has 0 fully saturated rings. The molecular weight excluding hydrogens is 259 g/mol. The van der Waals surface area contributed by atoms with E-state index in [0.29, 0.717) is 15.1 Å². The fraction of sp³-hybridized carbons (Fsp3) is 0.143. The van der Waals surface area contributed by atoms with Crippen LogP contribution < -0.4 is 5.73 Å². The molecule has 0 spiro atoms. The molecule has 0 aliphatic heterocycles. The van der Waals surface area contributed by atoms with Gasteiger partial charge < -0.3 is 5.73 Å². The number of hydrogen-bond donors (Lipinski definition) is 1. The number of rotatable bonds is 1. The molecule has 13 heavy (non-hydrogen) atoms. The van der Waals surface area contributed by atoms with Gasteiger partial charge in [0.15, 0.2) is 0 Å². The highest BCUT2D eigenvalue weighted by molar-refractivity contribution is 9.10. The summed E-state index contributed by atoms with van der Waals surface area (Å²) in [5.74, 6) is 0. The van der Waals surface area contributed by atoms with Gasteiger partial charge in [-0.1, -0.05) is 11.6 Å². The molecule has 0 saturated heterocycles. The van der Waals surface area contributed by atoms with Crippen molar-refractivity contribution in [2.45, 2.75) is 6.92 Å². The Bertz CT molecular complexity index is 381. The van der Waals surface area contributed by atoms with Crippen LogP contribution in [-0.4, -0.2) is 4.92 Å². The number of nitrogen functional groups attached to an aromatic ring is 1. The van der Waals surface area contributed by atoms with Crippen LogP contribution in [0.5, 0.6) is 0 Å². The topological polar surface area (TPSA) is 69.2 Å². The number of halogens is 2. The normalized spacial score (nSPS) is 10.1. The predicted octanol–water partition coefficient (Wildman–Crippen LogP) is 2.90. The van der Waals surface area contributed by atoms with Gasteiger partial charge in [0.1, 0.15) is 5.69 Å². The van der Waals surface area contributed by atoms with Gasteiger partial charge in [-0.15, -0.1) is 0 Å². The predicted molar refractivity (Wildman–Crippen MR) is 55.0 cm³/mol. The van der Waals surface area contributed by atoms with Crippen LogP contribution in [0.25, 0.3) is 0 Å². The first kappa shape index (κ1) is 10.3. The van der Waals surface area contributed by atoms with Gasteiger partial charge in [-0.2, -0.15) is 0 Å². The van der Waals surface area contributed by atoms with Gasteiger partial charge in [0, 0.05) is 6.07 Å². The zero-order valence-electron chi connectivity index (χ0n) is 6.67. The first-order valence-corrected chi connectivity index (χ1v) is 4.50. The second-order valence-electron chi connectivity index (χ2n) is 2.51. The SMILES string of the molecule is Cc1cc([N+](=O)[O-])c(N)c(Br)c1Cl. The molecule has 4 nitrogen and oxygen atoms in total. The molecule has 0 atom stereocenters. The molecule has 1 aromatic carbocycles. The summed E-state index contributed by atoms with van der Waals surface area (Å²) in [6.07, 6.45) is 0. The highest BCUT2D eigenvalue weighted by atomic mass is 79.9. The van der Waals surface area contributed by atoms with Crippen LogP contribution in [0.3, 0.4) is 0 Å². The van der Waals surface area contributed by atoms with Gasteiger partial charge in [0.25, 0.3) is 5.69 Å². The molecule has 0 radical (unpaired) electrons. The van der Waals surface area contributed by atoms with E-state index in [2.05, 4.69) is 15.9 Å². The molecule has 2 N–H and O–H groups in total. The lowest BCUT2D eigenvalue weighted by Crippen LogP contribution is -1.98. The summed E-state index contributed by atoms with van der Waals surface area (Å²) in [5, 5.41) is 10.9. The van der Waals surface area contributed by atoms with Crippen molar-refractivity contribution >= 4 is 38.9 Å². The average Bonchev–Trinajstić information content (AvgIpc) is 2.07. The number of benzene rings is 1. The highest BCUT2D eigenvalue weighted by Gasteiger charge is 2.18. The van der Waals surface area contributed by atoms with Gasteiger partial charge in [-0.25, -0.2) is 0 Å². The quantitative estimate of drug-likeness (QED) is 0.482. The second-order valence-corrected chi connectivity index (χ2v) is 3.68. The summed E-state index contributed by atoms with van der Waals surface area (Å²) in [6.45, 7) is 1.68. The molecule has 1 rings (SSSR count). The molecule has 70 valence electrons. The van der Waals surface area contributed by atoms with Gasteiger partial charge in [0.2, 0.25) is 0 Å². The van der Waals surface area contributed by atoms with Crippen molar-refractivity contribution in [3.63, 3.8) is 0 Å². The summed E-state index contributed by atoms with van der Waals surface area (Å²) < 4.78 is 0.376. The lowest BCUT2D eigenvalue weighted by atomic mass is 10.2. The molecule has 0 aromatic heterocycles. The Labute approximate surface area is 88.0 Å². The van der Waals surface area contributed by atoms with Crippen molar-refractivity contribution < 1.29 is 4.92 Å². The number of anilines is 1. The first-order chi connectivity index (χ1) is 5.95. The van der Waals surface area contributed by atoms with Crippen LogP contribution in [0.1, 0.15) is 5.56 Å². The monoisotopic (exact) mass is 264 g/mol. The number of nitrogens with zero attached hydrogens (tertiary/aromatic N) is 1. The molecule has 0 unspecified atom stereocenters. The smallest absolute Gasteiger partial charge is 0.293 e. The third kappa shape index (κ3) is 1.76. The molecule has 0 heterocycles. The average molecular weight is 265 g/mol. The van der Waals surface area contributed by atoms with Crippen molar-refractivity contribution in [2.24, 2.45) is 0 Å². The molecule has 6 heteroatoms. The summed E-state index contributed by atoms with van der Waals surface area (Å²) in [5.41, 5.74) is 6.03.